The van der Waals surface area contributed by atoms with Gasteiger partial charge in [0.1, 0.15) is 22.3 Å². The summed E-state index contributed by atoms with van der Waals surface area (Å²) < 4.78 is 12.8. The van der Waals surface area contributed by atoms with Gasteiger partial charge in [0.15, 0.2) is 0 Å². The lowest BCUT2D eigenvalue weighted by molar-refractivity contribution is 0.660. The lowest BCUT2D eigenvalue weighted by Gasteiger charge is -2.28. The van der Waals surface area contributed by atoms with Crippen molar-refractivity contribution in [2.75, 3.05) is 4.90 Å². The summed E-state index contributed by atoms with van der Waals surface area (Å²) in [4.78, 5) is 2.34. The molecule has 218 valence electrons. The molecule has 2 aromatic heterocycles. The predicted octanol–water partition coefficient (Wildman–Crippen LogP) is 12.4. The van der Waals surface area contributed by atoms with Crippen LogP contribution in [0.1, 0.15) is 25.0 Å². The van der Waals surface area contributed by atoms with Crippen LogP contribution in [0.3, 0.4) is 0 Å². The van der Waals surface area contributed by atoms with Gasteiger partial charge >= 0.3 is 0 Å². The van der Waals surface area contributed by atoms with Gasteiger partial charge in [0.05, 0.1) is 0 Å². The average molecular weight is 592 g/mol. The highest BCUT2D eigenvalue weighted by Crippen LogP contribution is 2.51. The smallest absolute Gasteiger partial charge is 0.137 e. The number of furan rings is 2. The van der Waals surface area contributed by atoms with Crippen molar-refractivity contribution in [1.29, 1.82) is 0 Å². The van der Waals surface area contributed by atoms with Crippen molar-refractivity contribution >= 4 is 71.7 Å². The van der Waals surface area contributed by atoms with Gasteiger partial charge in [-0.1, -0.05) is 80.6 Å². The topological polar surface area (TPSA) is 29.5 Å². The predicted molar refractivity (Wildman–Crippen MR) is 191 cm³/mol. The highest BCUT2D eigenvalue weighted by molar-refractivity contribution is 6.27. The number of benzene rings is 7. The Morgan fingerprint density at radius 1 is 0.413 bits per heavy atom. The highest BCUT2D eigenvalue weighted by atomic mass is 16.3. The molecule has 0 unspecified atom stereocenters. The maximum absolute atomic E-state index is 6.60. The molecule has 0 spiro atoms. The summed E-state index contributed by atoms with van der Waals surface area (Å²) in [6, 6.07) is 49.8. The summed E-state index contributed by atoms with van der Waals surface area (Å²) in [5.41, 5.74) is 12.1. The summed E-state index contributed by atoms with van der Waals surface area (Å²) in [5, 5.41) is 6.87. The zero-order chi connectivity index (χ0) is 30.6. The number of para-hydroxylation sites is 2. The molecule has 0 aliphatic heterocycles. The van der Waals surface area contributed by atoms with Crippen LogP contribution < -0.4 is 4.90 Å². The van der Waals surface area contributed by atoms with Crippen LogP contribution in [0.15, 0.2) is 148 Å². The SMILES string of the molecule is CC1(C)c2ccccc2-c2ccc(N(c3ccccc3)c3ccc4c(c3)oc3ccc5c(ccc6oc7ccccc7c65)c34)cc21. The molecule has 1 aliphatic carbocycles. The van der Waals surface area contributed by atoms with E-state index >= 15 is 0 Å². The third-order valence-electron chi connectivity index (χ3n) is 10.1. The molecule has 0 amide bonds. The van der Waals surface area contributed by atoms with Crippen molar-refractivity contribution in [2.24, 2.45) is 0 Å². The normalized spacial score (nSPS) is 13.6. The molecule has 1 aliphatic rings. The third kappa shape index (κ3) is 3.43. The molecule has 10 rings (SSSR count). The van der Waals surface area contributed by atoms with Gasteiger partial charge in [-0.25, -0.2) is 0 Å². The van der Waals surface area contributed by atoms with Crippen LogP contribution in [-0.4, -0.2) is 0 Å². The Kier molecular flexibility index (Phi) is 5.06. The van der Waals surface area contributed by atoms with E-state index < -0.39 is 0 Å². The first-order valence-electron chi connectivity index (χ1n) is 15.9. The van der Waals surface area contributed by atoms with Crippen molar-refractivity contribution in [1.82, 2.24) is 0 Å². The van der Waals surface area contributed by atoms with E-state index in [0.29, 0.717) is 0 Å². The quantitative estimate of drug-likeness (QED) is 0.205. The summed E-state index contributed by atoms with van der Waals surface area (Å²) in [6.45, 7) is 4.67. The maximum Gasteiger partial charge on any atom is 0.137 e. The largest absolute Gasteiger partial charge is 0.456 e. The summed E-state index contributed by atoms with van der Waals surface area (Å²) >= 11 is 0. The first-order valence-corrected chi connectivity index (χ1v) is 15.9. The first-order chi connectivity index (χ1) is 22.6. The Morgan fingerprint density at radius 3 is 1.80 bits per heavy atom. The van der Waals surface area contributed by atoms with E-state index in [1.807, 2.05) is 12.1 Å². The van der Waals surface area contributed by atoms with Crippen molar-refractivity contribution < 1.29 is 8.83 Å². The number of hydrogen-bond acceptors (Lipinski definition) is 3. The van der Waals surface area contributed by atoms with Gasteiger partial charge in [0, 0.05) is 50.1 Å². The minimum atomic E-state index is -0.0836. The number of nitrogens with zero attached hydrogens (tertiary/aromatic N) is 1. The molecular formula is C43H29NO2. The number of fused-ring (bicyclic) bond motifs is 12. The summed E-state index contributed by atoms with van der Waals surface area (Å²) in [7, 11) is 0. The van der Waals surface area contributed by atoms with Gasteiger partial charge in [-0.2, -0.15) is 0 Å². The Balaban J connectivity index is 1.17. The van der Waals surface area contributed by atoms with Crippen molar-refractivity contribution in [2.45, 2.75) is 19.3 Å². The lowest BCUT2D eigenvalue weighted by Crippen LogP contribution is -2.16. The van der Waals surface area contributed by atoms with Gasteiger partial charge in [0.25, 0.3) is 0 Å². The van der Waals surface area contributed by atoms with Crippen LogP contribution >= 0.6 is 0 Å². The van der Waals surface area contributed by atoms with Gasteiger partial charge < -0.3 is 13.7 Å². The van der Waals surface area contributed by atoms with Crippen LogP contribution in [0.5, 0.6) is 0 Å². The molecule has 0 N–H and O–H groups in total. The van der Waals surface area contributed by atoms with E-state index in [0.717, 1.165) is 60.9 Å². The van der Waals surface area contributed by atoms with E-state index in [1.165, 1.54) is 33.0 Å². The fourth-order valence-corrected chi connectivity index (χ4v) is 7.89. The second-order valence-electron chi connectivity index (χ2n) is 12.9. The van der Waals surface area contributed by atoms with Crippen LogP contribution in [0.25, 0.3) is 65.8 Å². The van der Waals surface area contributed by atoms with Crippen molar-refractivity contribution in [3.63, 3.8) is 0 Å². The summed E-state index contributed by atoms with van der Waals surface area (Å²) in [5.74, 6) is 0. The van der Waals surface area contributed by atoms with Gasteiger partial charge in [-0.3, -0.25) is 0 Å². The molecule has 0 saturated heterocycles. The number of anilines is 3. The monoisotopic (exact) mass is 591 g/mol. The Bertz CT molecular complexity index is 2670. The second kappa shape index (κ2) is 9.12. The molecule has 2 heterocycles. The number of hydrogen-bond donors (Lipinski definition) is 0. The van der Waals surface area contributed by atoms with Gasteiger partial charge in [0.2, 0.25) is 0 Å². The molecular weight excluding hydrogens is 562 g/mol. The van der Waals surface area contributed by atoms with Gasteiger partial charge in [-0.05, 0) is 99.8 Å². The molecule has 0 bridgehead atoms. The zero-order valence-corrected chi connectivity index (χ0v) is 25.5. The van der Waals surface area contributed by atoms with Crippen LogP contribution in [0.2, 0.25) is 0 Å². The van der Waals surface area contributed by atoms with Crippen LogP contribution in [0.4, 0.5) is 17.1 Å². The first kappa shape index (κ1) is 25.5. The molecule has 9 aromatic rings. The van der Waals surface area contributed by atoms with Crippen LogP contribution in [0, 0.1) is 0 Å². The molecule has 0 radical (unpaired) electrons. The Morgan fingerprint density at radius 2 is 1.00 bits per heavy atom. The van der Waals surface area contributed by atoms with E-state index in [2.05, 4.69) is 146 Å². The molecule has 0 saturated carbocycles. The molecule has 3 nitrogen and oxygen atoms in total. The molecule has 0 fully saturated rings. The third-order valence-corrected chi connectivity index (χ3v) is 10.1. The van der Waals surface area contributed by atoms with Crippen molar-refractivity contribution in [3.05, 3.63) is 151 Å². The number of rotatable bonds is 3. The van der Waals surface area contributed by atoms with Crippen LogP contribution in [-0.2, 0) is 5.41 Å². The summed E-state index contributed by atoms with van der Waals surface area (Å²) in [6.07, 6.45) is 0. The minimum absolute atomic E-state index is 0.0836. The highest BCUT2D eigenvalue weighted by Gasteiger charge is 2.35. The molecule has 7 aromatic carbocycles. The van der Waals surface area contributed by atoms with Gasteiger partial charge in [-0.15, -0.1) is 0 Å². The second-order valence-corrected chi connectivity index (χ2v) is 12.9. The van der Waals surface area contributed by atoms with E-state index in [-0.39, 0.29) is 5.41 Å². The van der Waals surface area contributed by atoms with E-state index in [4.69, 9.17) is 8.83 Å². The van der Waals surface area contributed by atoms with Crippen molar-refractivity contribution in [3.8, 4) is 11.1 Å². The Labute approximate surface area is 265 Å². The average Bonchev–Trinajstić information content (AvgIpc) is 3.73. The standard InChI is InChI=1S/C43H29NO2/c1-43(2)35-14-8-6-12-29(35)30-18-16-27(24-36(30)43)44(26-10-4-3-5-11-26)28-17-19-34-40(25-28)46-39-23-21-31-32(42(34)39)20-22-38-41(31)33-13-7-9-15-37(33)45-38/h3-25H,1-2H3. The lowest BCUT2D eigenvalue weighted by atomic mass is 9.82. The fraction of sp³-hybridized carbons (Fsp3) is 0.0698. The van der Waals surface area contributed by atoms with E-state index in [1.54, 1.807) is 0 Å². The molecule has 46 heavy (non-hydrogen) atoms. The minimum Gasteiger partial charge on any atom is -0.456 e. The Hall–Kier alpha value is -5.80. The molecule has 0 atom stereocenters. The maximum atomic E-state index is 6.60. The van der Waals surface area contributed by atoms with E-state index in [9.17, 15) is 0 Å². The zero-order valence-electron chi connectivity index (χ0n) is 25.5. The molecule has 3 heteroatoms. The fourth-order valence-electron chi connectivity index (χ4n) is 7.89.